The van der Waals surface area contributed by atoms with Crippen molar-refractivity contribution in [1.29, 1.82) is 0 Å². The van der Waals surface area contributed by atoms with Crippen LogP contribution in [0, 0.1) is 0 Å². The molecule has 0 aromatic heterocycles. The maximum Gasteiger partial charge on any atom is 0.276 e. The second-order valence-electron chi connectivity index (χ2n) is 8.85. The van der Waals surface area contributed by atoms with Crippen molar-refractivity contribution in [2.24, 2.45) is 0 Å². The molecule has 0 heterocycles. The monoisotopic (exact) mass is 591 g/mol. The van der Waals surface area contributed by atoms with Crippen LogP contribution in [0.2, 0.25) is 10.0 Å². The van der Waals surface area contributed by atoms with E-state index in [0.29, 0.717) is 20.7 Å². The number of carbonyl (C=O) groups excluding carboxylic acids is 3. The Hall–Kier alpha value is -3.07. The van der Waals surface area contributed by atoms with Gasteiger partial charge >= 0.3 is 0 Å². The number of carbonyl (C=O) groups is 3. The lowest BCUT2D eigenvalue weighted by Crippen LogP contribution is -2.43. The quantitative estimate of drug-likeness (QED) is 0.299. The Morgan fingerprint density at radius 3 is 2.03 bits per heavy atom. The molecule has 0 saturated carbocycles. The predicted octanol–water partition coefficient (Wildman–Crippen LogP) is 6.15. The van der Waals surface area contributed by atoms with E-state index in [9.17, 15) is 14.4 Å². The predicted molar refractivity (Wildman–Crippen MR) is 145 cm³/mol. The number of halogens is 3. The molecular weight excluding hydrogens is 569 g/mol. The van der Waals surface area contributed by atoms with Crippen LogP contribution >= 0.6 is 39.1 Å². The van der Waals surface area contributed by atoms with E-state index in [2.05, 4.69) is 52.9 Å². The van der Waals surface area contributed by atoms with Crippen LogP contribution in [0.25, 0.3) is 0 Å². The van der Waals surface area contributed by atoms with E-state index in [4.69, 9.17) is 27.9 Å². The highest BCUT2D eigenvalue weighted by molar-refractivity contribution is 9.10. The van der Waals surface area contributed by atoms with E-state index in [0.717, 1.165) is 5.56 Å². The van der Waals surface area contributed by atoms with Crippen molar-refractivity contribution in [2.75, 3.05) is 11.9 Å². The van der Waals surface area contributed by atoms with E-state index in [1.165, 1.54) is 18.2 Å². The molecule has 0 radical (unpaired) electrons. The number of hydrogen-bond acceptors (Lipinski definition) is 4. The fraction of sp³-hybridized carbons (Fsp3) is 0.192. The minimum atomic E-state index is -0.595. The summed E-state index contributed by atoms with van der Waals surface area (Å²) in [5.74, 6) is -1.13. The van der Waals surface area contributed by atoms with Crippen molar-refractivity contribution in [3.63, 3.8) is 0 Å². The van der Waals surface area contributed by atoms with Crippen LogP contribution in [0.3, 0.4) is 0 Å². The number of benzene rings is 3. The van der Waals surface area contributed by atoms with Crippen molar-refractivity contribution in [3.05, 3.63) is 91.9 Å². The van der Waals surface area contributed by atoms with Gasteiger partial charge in [-0.1, -0.05) is 56.1 Å². The van der Waals surface area contributed by atoms with E-state index in [1.807, 2.05) is 12.1 Å². The van der Waals surface area contributed by atoms with Crippen LogP contribution in [-0.4, -0.2) is 24.3 Å². The molecule has 3 amide bonds. The van der Waals surface area contributed by atoms with Gasteiger partial charge in [-0.3, -0.25) is 25.2 Å². The number of hydrogen-bond donors (Lipinski definition) is 3. The zero-order chi connectivity index (χ0) is 26.5. The molecule has 0 bridgehead atoms. The van der Waals surface area contributed by atoms with Gasteiger partial charge in [0.1, 0.15) is 0 Å². The maximum absolute atomic E-state index is 12.5. The summed E-state index contributed by atoms with van der Waals surface area (Å²) in [6, 6.07) is 16.8. The molecule has 0 aliphatic carbocycles. The highest BCUT2D eigenvalue weighted by Crippen LogP contribution is 2.36. The first-order chi connectivity index (χ1) is 16.9. The SMILES string of the molecule is CC(C)(C)c1ccc(C(=O)Nc2ccc(C(=O)NNC(=O)COc3c(Cl)cc(Cl)cc3Br)cc2)cc1. The van der Waals surface area contributed by atoms with Gasteiger partial charge in [-0.2, -0.15) is 0 Å². The molecule has 3 rings (SSSR count). The zero-order valence-electron chi connectivity index (χ0n) is 19.7. The Labute approximate surface area is 227 Å². The number of rotatable bonds is 6. The standard InChI is InChI=1S/C26H24BrCl2N3O4/c1-26(2,3)17-8-4-15(5-9-17)24(34)30-19-10-6-16(7-11-19)25(35)32-31-22(33)14-36-23-20(27)12-18(28)13-21(23)29/h4-13H,14H2,1-3H3,(H,30,34)(H,31,33)(H,32,35). The molecule has 3 N–H and O–H groups in total. The van der Waals surface area contributed by atoms with Crippen molar-refractivity contribution < 1.29 is 19.1 Å². The Kier molecular flexibility index (Phi) is 9.00. The van der Waals surface area contributed by atoms with Crippen LogP contribution in [0.5, 0.6) is 5.75 Å². The normalized spacial score (nSPS) is 10.9. The minimum Gasteiger partial charge on any atom is -0.481 e. The van der Waals surface area contributed by atoms with Gasteiger partial charge < -0.3 is 10.1 Å². The van der Waals surface area contributed by atoms with Crippen LogP contribution in [-0.2, 0) is 10.2 Å². The summed E-state index contributed by atoms with van der Waals surface area (Å²) in [5, 5.41) is 3.45. The average molecular weight is 593 g/mol. The third-order valence-electron chi connectivity index (χ3n) is 5.04. The lowest BCUT2D eigenvalue weighted by molar-refractivity contribution is -0.123. The summed E-state index contributed by atoms with van der Waals surface area (Å²) in [7, 11) is 0. The smallest absolute Gasteiger partial charge is 0.276 e. The zero-order valence-corrected chi connectivity index (χ0v) is 22.8. The Balaban J connectivity index is 1.49. The lowest BCUT2D eigenvalue weighted by Gasteiger charge is -2.19. The highest BCUT2D eigenvalue weighted by atomic mass is 79.9. The molecule has 0 unspecified atom stereocenters. The van der Waals surface area contributed by atoms with Gasteiger partial charge in [-0.15, -0.1) is 0 Å². The van der Waals surface area contributed by atoms with Gasteiger partial charge in [-0.05, 0) is 75.4 Å². The van der Waals surface area contributed by atoms with Gasteiger partial charge in [0.25, 0.3) is 17.7 Å². The largest absolute Gasteiger partial charge is 0.481 e. The van der Waals surface area contributed by atoms with Crippen LogP contribution in [0.15, 0.2) is 65.1 Å². The second kappa shape index (κ2) is 11.8. The fourth-order valence-electron chi connectivity index (χ4n) is 3.07. The summed E-state index contributed by atoms with van der Waals surface area (Å²) in [6.07, 6.45) is 0. The van der Waals surface area contributed by atoms with Gasteiger partial charge in [0.05, 0.1) is 9.50 Å². The third kappa shape index (κ3) is 7.46. The van der Waals surface area contributed by atoms with Gasteiger partial charge in [0, 0.05) is 21.8 Å². The third-order valence-corrected chi connectivity index (χ3v) is 6.13. The van der Waals surface area contributed by atoms with E-state index < -0.39 is 11.8 Å². The Morgan fingerprint density at radius 1 is 0.861 bits per heavy atom. The second-order valence-corrected chi connectivity index (χ2v) is 10.5. The maximum atomic E-state index is 12.5. The number of anilines is 1. The lowest BCUT2D eigenvalue weighted by atomic mass is 9.87. The first-order valence-corrected chi connectivity index (χ1v) is 12.4. The van der Waals surface area contributed by atoms with Gasteiger partial charge in [0.15, 0.2) is 12.4 Å². The van der Waals surface area contributed by atoms with Crippen molar-refractivity contribution in [1.82, 2.24) is 10.9 Å². The first-order valence-electron chi connectivity index (χ1n) is 10.8. The number of nitrogens with one attached hydrogen (secondary N) is 3. The molecule has 3 aromatic rings. The summed E-state index contributed by atoms with van der Waals surface area (Å²) >= 11 is 15.2. The molecule has 0 spiro atoms. The number of hydrazine groups is 1. The molecular formula is C26H24BrCl2N3O4. The van der Waals surface area contributed by atoms with Crippen LogP contribution < -0.4 is 20.9 Å². The molecule has 188 valence electrons. The molecule has 0 fully saturated rings. The van der Waals surface area contributed by atoms with Crippen molar-refractivity contribution in [2.45, 2.75) is 26.2 Å². The molecule has 7 nitrogen and oxygen atoms in total. The van der Waals surface area contributed by atoms with Crippen molar-refractivity contribution >= 4 is 62.5 Å². The molecule has 10 heteroatoms. The molecule has 0 aliphatic rings. The van der Waals surface area contributed by atoms with E-state index in [-0.39, 0.29) is 34.3 Å². The van der Waals surface area contributed by atoms with Crippen LogP contribution in [0.1, 0.15) is 47.1 Å². The average Bonchev–Trinajstić information content (AvgIpc) is 2.81. The summed E-state index contributed by atoms with van der Waals surface area (Å²) in [5.41, 5.74) is 7.05. The van der Waals surface area contributed by atoms with E-state index >= 15 is 0 Å². The molecule has 3 aromatic carbocycles. The van der Waals surface area contributed by atoms with Gasteiger partial charge in [-0.25, -0.2) is 0 Å². The molecule has 0 atom stereocenters. The van der Waals surface area contributed by atoms with Gasteiger partial charge in [0.2, 0.25) is 0 Å². The first kappa shape index (κ1) is 27.5. The van der Waals surface area contributed by atoms with Crippen molar-refractivity contribution in [3.8, 4) is 5.75 Å². The minimum absolute atomic E-state index is 0.000523. The van der Waals surface area contributed by atoms with E-state index in [1.54, 1.807) is 30.3 Å². The molecule has 36 heavy (non-hydrogen) atoms. The molecule has 0 saturated heterocycles. The summed E-state index contributed by atoms with van der Waals surface area (Å²) < 4.78 is 5.89. The molecule has 0 aliphatic heterocycles. The summed E-state index contributed by atoms with van der Waals surface area (Å²) in [6.45, 7) is 5.93. The number of ether oxygens (including phenoxy) is 1. The Morgan fingerprint density at radius 2 is 1.44 bits per heavy atom. The van der Waals surface area contributed by atoms with Crippen LogP contribution in [0.4, 0.5) is 5.69 Å². The summed E-state index contributed by atoms with van der Waals surface area (Å²) in [4.78, 5) is 36.9. The highest BCUT2D eigenvalue weighted by Gasteiger charge is 2.15. The fourth-order valence-corrected chi connectivity index (χ4v) is 4.44. The topological polar surface area (TPSA) is 96.5 Å². The number of amides is 3. The Bertz CT molecular complexity index is 1250.